The zero-order valence-electron chi connectivity index (χ0n) is 10.8. The molecule has 2 aliphatic rings. The molecule has 1 aromatic carbocycles. The van der Waals surface area contributed by atoms with E-state index < -0.39 is 0 Å². The summed E-state index contributed by atoms with van der Waals surface area (Å²) in [6.45, 7) is 3.12. The second-order valence-corrected chi connectivity index (χ2v) is 5.11. The number of aryl methyl sites for hydroxylation is 1. The maximum Gasteiger partial charge on any atom is 0.123 e. The molecule has 0 spiro atoms. The number of fused-ring (bicyclic) bond motifs is 1. The normalized spacial score (nSPS) is 25.7. The van der Waals surface area contributed by atoms with E-state index in [1.165, 1.54) is 24.0 Å². The van der Waals surface area contributed by atoms with Crippen molar-refractivity contribution in [2.24, 2.45) is 0 Å². The summed E-state index contributed by atoms with van der Waals surface area (Å²) in [4.78, 5) is 0. The second-order valence-electron chi connectivity index (χ2n) is 5.11. The van der Waals surface area contributed by atoms with Gasteiger partial charge in [0.25, 0.3) is 0 Å². The molecule has 1 aliphatic carbocycles. The van der Waals surface area contributed by atoms with Crippen molar-refractivity contribution in [3.8, 4) is 0 Å². The molecular formula is C14H21Cl2FN2. The zero-order valence-corrected chi connectivity index (χ0v) is 12.5. The van der Waals surface area contributed by atoms with Gasteiger partial charge in [-0.1, -0.05) is 6.07 Å². The van der Waals surface area contributed by atoms with E-state index in [4.69, 9.17) is 0 Å². The van der Waals surface area contributed by atoms with Crippen LogP contribution in [0.4, 0.5) is 4.39 Å². The highest BCUT2D eigenvalue weighted by Gasteiger charge is 2.28. The van der Waals surface area contributed by atoms with Crippen LogP contribution in [0.3, 0.4) is 0 Å². The van der Waals surface area contributed by atoms with Crippen LogP contribution >= 0.6 is 24.8 Å². The third kappa shape index (κ3) is 3.60. The van der Waals surface area contributed by atoms with Crippen LogP contribution in [0.1, 0.15) is 29.9 Å². The molecule has 5 heteroatoms. The van der Waals surface area contributed by atoms with Crippen LogP contribution in [0.2, 0.25) is 0 Å². The van der Waals surface area contributed by atoms with Gasteiger partial charge in [-0.05, 0) is 42.5 Å². The molecule has 2 atom stereocenters. The van der Waals surface area contributed by atoms with Crippen molar-refractivity contribution in [2.75, 3.05) is 19.6 Å². The predicted octanol–water partition coefficient (Wildman–Crippen LogP) is 2.65. The number of rotatable bonds is 1. The lowest BCUT2D eigenvalue weighted by molar-refractivity contribution is 0.341. The smallest absolute Gasteiger partial charge is 0.123 e. The Morgan fingerprint density at radius 3 is 2.74 bits per heavy atom. The Bertz CT molecular complexity index is 408. The maximum atomic E-state index is 13.2. The van der Waals surface area contributed by atoms with Crippen molar-refractivity contribution in [3.63, 3.8) is 0 Å². The Balaban J connectivity index is 0.000000902. The summed E-state index contributed by atoms with van der Waals surface area (Å²) < 4.78 is 13.2. The number of nitrogens with one attached hydrogen (secondary N) is 2. The maximum absolute atomic E-state index is 13.2. The van der Waals surface area contributed by atoms with Crippen LogP contribution < -0.4 is 10.6 Å². The van der Waals surface area contributed by atoms with Gasteiger partial charge in [0, 0.05) is 31.6 Å². The Morgan fingerprint density at radius 2 is 2.00 bits per heavy atom. The van der Waals surface area contributed by atoms with Gasteiger partial charge in [-0.3, -0.25) is 0 Å². The molecule has 108 valence electrons. The van der Waals surface area contributed by atoms with E-state index in [1.54, 1.807) is 12.1 Å². The molecule has 1 aliphatic heterocycles. The summed E-state index contributed by atoms with van der Waals surface area (Å²) >= 11 is 0. The molecule has 1 fully saturated rings. The fourth-order valence-electron chi connectivity index (χ4n) is 3.20. The van der Waals surface area contributed by atoms with Crippen molar-refractivity contribution < 1.29 is 4.39 Å². The van der Waals surface area contributed by atoms with Gasteiger partial charge in [0.15, 0.2) is 0 Å². The molecule has 2 unspecified atom stereocenters. The highest BCUT2D eigenvalue weighted by atomic mass is 35.5. The minimum atomic E-state index is -0.0980. The van der Waals surface area contributed by atoms with Gasteiger partial charge in [0.2, 0.25) is 0 Å². The summed E-state index contributed by atoms with van der Waals surface area (Å²) in [6, 6.07) is 5.82. The lowest BCUT2D eigenvalue weighted by atomic mass is 9.78. The van der Waals surface area contributed by atoms with Crippen LogP contribution in [0.25, 0.3) is 0 Å². The Hall–Kier alpha value is -0.350. The van der Waals surface area contributed by atoms with E-state index in [-0.39, 0.29) is 30.6 Å². The largest absolute Gasteiger partial charge is 0.314 e. The minimum absolute atomic E-state index is 0. The summed E-state index contributed by atoms with van der Waals surface area (Å²) in [5, 5.41) is 7.03. The number of hydrogen-bond donors (Lipinski definition) is 2. The SMILES string of the molecule is Cl.Cl.Fc1ccc2c(c1)CCCC2C1CNCCN1. The summed E-state index contributed by atoms with van der Waals surface area (Å²) in [5.41, 5.74) is 2.58. The van der Waals surface area contributed by atoms with Crippen LogP contribution in [0, 0.1) is 5.82 Å². The first kappa shape index (κ1) is 16.7. The van der Waals surface area contributed by atoms with Gasteiger partial charge < -0.3 is 10.6 Å². The highest BCUT2D eigenvalue weighted by molar-refractivity contribution is 5.85. The Morgan fingerprint density at radius 1 is 1.16 bits per heavy atom. The van der Waals surface area contributed by atoms with E-state index >= 15 is 0 Å². The molecular weight excluding hydrogens is 286 g/mol. The predicted molar refractivity (Wildman–Crippen MR) is 81.2 cm³/mol. The van der Waals surface area contributed by atoms with Gasteiger partial charge in [-0.15, -0.1) is 24.8 Å². The van der Waals surface area contributed by atoms with Crippen molar-refractivity contribution >= 4 is 24.8 Å². The first-order chi connectivity index (χ1) is 8.34. The lowest BCUT2D eigenvalue weighted by Gasteiger charge is -2.35. The second kappa shape index (κ2) is 7.44. The van der Waals surface area contributed by atoms with Crippen molar-refractivity contribution in [3.05, 3.63) is 35.1 Å². The average Bonchev–Trinajstić information content (AvgIpc) is 2.39. The third-order valence-electron chi connectivity index (χ3n) is 4.02. The van der Waals surface area contributed by atoms with Crippen LogP contribution in [-0.2, 0) is 6.42 Å². The van der Waals surface area contributed by atoms with E-state index in [2.05, 4.69) is 10.6 Å². The summed E-state index contributed by atoms with van der Waals surface area (Å²) in [6.07, 6.45) is 3.43. The number of halogens is 3. The van der Waals surface area contributed by atoms with Gasteiger partial charge in [-0.2, -0.15) is 0 Å². The van der Waals surface area contributed by atoms with Gasteiger partial charge in [0.05, 0.1) is 0 Å². The minimum Gasteiger partial charge on any atom is -0.314 e. The fourth-order valence-corrected chi connectivity index (χ4v) is 3.20. The van der Waals surface area contributed by atoms with E-state index in [0.717, 1.165) is 26.1 Å². The highest BCUT2D eigenvalue weighted by Crippen LogP contribution is 2.34. The molecule has 1 heterocycles. The molecule has 2 nitrogen and oxygen atoms in total. The monoisotopic (exact) mass is 306 g/mol. The quantitative estimate of drug-likeness (QED) is 0.833. The van der Waals surface area contributed by atoms with Gasteiger partial charge >= 0.3 is 0 Å². The molecule has 0 bridgehead atoms. The average molecular weight is 307 g/mol. The van der Waals surface area contributed by atoms with Crippen molar-refractivity contribution in [2.45, 2.75) is 31.2 Å². The molecule has 3 rings (SSSR count). The van der Waals surface area contributed by atoms with Gasteiger partial charge in [-0.25, -0.2) is 4.39 Å². The van der Waals surface area contributed by atoms with Crippen LogP contribution in [0.5, 0.6) is 0 Å². The third-order valence-corrected chi connectivity index (χ3v) is 4.02. The first-order valence-electron chi connectivity index (χ1n) is 6.57. The molecule has 1 saturated heterocycles. The molecule has 0 aromatic heterocycles. The van der Waals surface area contributed by atoms with Gasteiger partial charge in [0.1, 0.15) is 5.82 Å². The van der Waals surface area contributed by atoms with Crippen molar-refractivity contribution in [1.82, 2.24) is 10.6 Å². The van der Waals surface area contributed by atoms with Crippen LogP contribution in [0.15, 0.2) is 18.2 Å². The fraction of sp³-hybridized carbons (Fsp3) is 0.571. The summed E-state index contributed by atoms with van der Waals surface area (Å²) in [7, 11) is 0. The zero-order chi connectivity index (χ0) is 11.7. The van der Waals surface area contributed by atoms with Crippen molar-refractivity contribution in [1.29, 1.82) is 0 Å². The number of piperazine rings is 1. The standard InChI is InChI=1S/C14H19FN2.2ClH/c15-11-4-5-12-10(8-11)2-1-3-13(12)14-9-16-6-7-17-14;;/h4-5,8,13-14,16-17H,1-3,6-7,9H2;2*1H. The van der Waals surface area contributed by atoms with E-state index in [1.807, 2.05) is 6.07 Å². The van der Waals surface area contributed by atoms with E-state index in [0.29, 0.717) is 12.0 Å². The molecule has 19 heavy (non-hydrogen) atoms. The summed E-state index contributed by atoms with van der Waals surface area (Å²) in [5.74, 6) is 0.450. The Kier molecular flexibility index (Phi) is 6.54. The number of benzene rings is 1. The van der Waals surface area contributed by atoms with E-state index in [9.17, 15) is 4.39 Å². The molecule has 1 aromatic rings. The molecule has 2 N–H and O–H groups in total. The topological polar surface area (TPSA) is 24.1 Å². The number of hydrogen-bond acceptors (Lipinski definition) is 2. The Labute approximate surface area is 126 Å². The first-order valence-corrected chi connectivity index (χ1v) is 6.57. The van der Waals surface area contributed by atoms with Crippen LogP contribution in [-0.4, -0.2) is 25.7 Å². The molecule has 0 amide bonds. The molecule has 0 saturated carbocycles. The lowest BCUT2D eigenvalue weighted by Crippen LogP contribution is -2.51. The molecule has 0 radical (unpaired) electrons.